The van der Waals surface area contributed by atoms with Gasteiger partial charge in [0.1, 0.15) is 0 Å². The summed E-state index contributed by atoms with van der Waals surface area (Å²) in [6.45, 7) is 1.70. The first-order valence-corrected chi connectivity index (χ1v) is 5.56. The van der Waals surface area contributed by atoms with Crippen LogP contribution in [0, 0.1) is 5.92 Å². The molecule has 1 aliphatic heterocycles. The fourth-order valence-corrected chi connectivity index (χ4v) is 2.22. The SMILES string of the molecule is FC(F)(F)CNCC1CCN(C2CC2)C1. The molecule has 1 N–H and O–H groups in total. The third kappa shape index (κ3) is 3.65. The van der Waals surface area contributed by atoms with E-state index in [1.54, 1.807) is 0 Å². The fraction of sp³-hybridized carbons (Fsp3) is 1.00. The molecule has 2 nitrogen and oxygen atoms in total. The van der Waals surface area contributed by atoms with Crippen LogP contribution in [-0.4, -0.2) is 43.3 Å². The Balaban J connectivity index is 1.60. The smallest absolute Gasteiger partial charge is 0.308 e. The van der Waals surface area contributed by atoms with Crippen LogP contribution in [0.15, 0.2) is 0 Å². The van der Waals surface area contributed by atoms with Gasteiger partial charge in [-0.2, -0.15) is 13.2 Å². The lowest BCUT2D eigenvalue weighted by Crippen LogP contribution is -2.33. The van der Waals surface area contributed by atoms with Crippen molar-refractivity contribution in [3.05, 3.63) is 0 Å². The monoisotopic (exact) mass is 222 g/mol. The van der Waals surface area contributed by atoms with Crippen molar-refractivity contribution in [2.24, 2.45) is 5.92 Å². The second-order valence-electron chi connectivity index (χ2n) is 4.63. The number of nitrogens with one attached hydrogen (secondary N) is 1. The third-order valence-corrected chi connectivity index (χ3v) is 3.14. The summed E-state index contributed by atoms with van der Waals surface area (Å²) < 4.78 is 35.6. The van der Waals surface area contributed by atoms with Gasteiger partial charge < -0.3 is 10.2 Å². The molecule has 88 valence electrons. The first-order valence-electron chi connectivity index (χ1n) is 5.56. The molecule has 0 aromatic rings. The minimum Gasteiger partial charge on any atom is -0.308 e. The van der Waals surface area contributed by atoms with Gasteiger partial charge in [-0.15, -0.1) is 0 Å². The van der Waals surface area contributed by atoms with Crippen molar-refractivity contribution in [1.82, 2.24) is 10.2 Å². The number of alkyl halides is 3. The van der Waals surface area contributed by atoms with E-state index in [0.717, 1.165) is 25.6 Å². The van der Waals surface area contributed by atoms with E-state index in [9.17, 15) is 13.2 Å². The maximum absolute atomic E-state index is 11.9. The molecule has 0 aromatic carbocycles. The summed E-state index contributed by atoms with van der Waals surface area (Å²) in [5, 5.41) is 2.50. The van der Waals surface area contributed by atoms with Crippen LogP contribution < -0.4 is 5.32 Å². The van der Waals surface area contributed by atoms with Crippen molar-refractivity contribution in [3.8, 4) is 0 Å². The van der Waals surface area contributed by atoms with Crippen molar-refractivity contribution in [3.63, 3.8) is 0 Å². The molecular weight excluding hydrogens is 205 g/mol. The van der Waals surface area contributed by atoms with Gasteiger partial charge in [-0.05, 0) is 38.3 Å². The van der Waals surface area contributed by atoms with Crippen LogP contribution >= 0.6 is 0 Å². The average Bonchev–Trinajstić information content (AvgIpc) is 2.86. The van der Waals surface area contributed by atoms with Gasteiger partial charge in [0.05, 0.1) is 6.54 Å². The predicted octanol–water partition coefficient (Wildman–Crippen LogP) is 1.62. The zero-order chi connectivity index (χ0) is 10.9. The number of nitrogens with zero attached hydrogens (tertiary/aromatic N) is 1. The van der Waals surface area contributed by atoms with E-state index in [0.29, 0.717) is 12.5 Å². The minimum atomic E-state index is -4.07. The van der Waals surface area contributed by atoms with Crippen LogP contribution in [0.1, 0.15) is 19.3 Å². The van der Waals surface area contributed by atoms with E-state index in [-0.39, 0.29) is 0 Å². The van der Waals surface area contributed by atoms with Crippen LogP contribution in [0.3, 0.4) is 0 Å². The predicted molar refractivity (Wildman–Crippen MR) is 51.6 cm³/mol. The first kappa shape index (κ1) is 11.2. The quantitative estimate of drug-likeness (QED) is 0.777. The summed E-state index contributed by atoms with van der Waals surface area (Å²) >= 11 is 0. The Bertz CT molecular complexity index is 213. The topological polar surface area (TPSA) is 15.3 Å². The van der Waals surface area contributed by atoms with E-state index in [1.165, 1.54) is 12.8 Å². The fourth-order valence-electron chi connectivity index (χ4n) is 2.22. The molecule has 2 fully saturated rings. The Morgan fingerprint density at radius 2 is 1.93 bits per heavy atom. The van der Waals surface area contributed by atoms with Crippen LogP contribution in [0.25, 0.3) is 0 Å². The number of hydrogen-bond acceptors (Lipinski definition) is 2. The van der Waals surface area contributed by atoms with E-state index < -0.39 is 12.7 Å². The molecule has 0 amide bonds. The van der Waals surface area contributed by atoms with Crippen molar-refractivity contribution in [2.45, 2.75) is 31.5 Å². The minimum absolute atomic E-state index is 0.410. The highest BCUT2D eigenvalue weighted by Crippen LogP contribution is 2.31. The van der Waals surface area contributed by atoms with Crippen LogP contribution in [-0.2, 0) is 0 Å². The summed E-state index contributed by atoms with van der Waals surface area (Å²) in [5.41, 5.74) is 0. The van der Waals surface area contributed by atoms with Crippen LogP contribution in [0.4, 0.5) is 13.2 Å². The Kier molecular flexibility index (Phi) is 3.21. The highest BCUT2D eigenvalue weighted by atomic mass is 19.4. The molecule has 2 aliphatic rings. The second-order valence-corrected chi connectivity index (χ2v) is 4.63. The second kappa shape index (κ2) is 4.29. The lowest BCUT2D eigenvalue weighted by atomic mass is 10.1. The van der Waals surface area contributed by atoms with Gasteiger partial charge in [-0.3, -0.25) is 0 Å². The number of hydrogen-bond donors (Lipinski definition) is 1. The standard InChI is InChI=1S/C10H17F3N2/c11-10(12,13)7-14-5-8-3-4-15(6-8)9-1-2-9/h8-9,14H,1-7H2. The van der Waals surface area contributed by atoms with E-state index in [1.807, 2.05) is 0 Å². The highest BCUT2D eigenvalue weighted by Gasteiger charge is 2.34. The van der Waals surface area contributed by atoms with Gasteiger partial charge in [-0.25, -0.2) is 0 Å². The van der Waals surface area contributed by atoms with Gasteiger partial charge >= 0.3 is 6.18 Å². The molecule has 1 saturated heterocycles. The zero-order valence-electron chi connectivity index (χ0n) is 8.69. The van der Waals surface area contributed by atoms with Gasteiger partial charge in [-0.1, -0.05) is 0 Å². The molecule has 1 saturated carbocycles. The third-order valence-electron chi connectivity index (χ3n) is 3.14. The van der Waals surface area contributed by atoms with Crippen molar-refractivity contribution in [1.29, 1.82) is 0 Å². The molecule has 1 atom stereocenters. The molecule has 2 rings (SSSR count). The van der Waals surface area contributed by atoms with Crippen LogP contribution in [0.5, 0.6) is 0 Å². The Hall–Kier alpha value is -0.290. The van der Waals surface area contributed by atoms with E-state index >= 15 is 0 Å². The van der Waals surface area contributed by atoms with E-state index in [4.69, 9.17) is 0 Å². The molecule has 0 bridgehead atoms. The molecule has 5 heteroatoms. The summed E-state index contributed by atoms with van der Waals surface area (Å²) in [4.78, 5) is 2.42. The first-order chi connectivity index (χ1) is 7.04. The summed E-state index contributed by atoms with van der Waals surface area (Å²) in [7, 11) is 0. The number of rotatable bonds is 4. The molecule has 0 aromatic heterocycles. The summed E-state index contributed by atoms with van der Waals surface area (Å²) in [6, 6.07) is 0.748. The Morgan fingerprint density at radius 3 is 2.53 bits per heavy atom. The van der Waals surface area contributed by atoms with Crippen LogP contribution in [0.2, 0.25) is 0 Å². The maximum atomic E-state index is 11.9. The normalized spacial score (nSPS) is 28.6. The zero-order valence-corrected chi connectivity index (χ0v) is 8.69. The summed E-state index contributed by atoms with van der Waals surface area (Å²) in [6.07, 6.45) is -0.471. The average molecular weight is 222 g/mol. The van der Waals surface area contributed by atoms with Gasteiger partial charge in [0.2, 0.25) is 0 Å². The van der Waals surface area contributed by atoms with Crippen molar-refractivity contribution in [2.75, 3.05) is 26.2 Å². The Labute approximate surface area is 87.8 Å². The maximum Gasteiger partial charge on any atom is 0.401 e. The van der Waals surface area contributed by atoms with Gasteiger partial charge in [0.25, 0.3) is 0 Å². The summed E-state index contributed by atoms with van der Waals surface area (Å²) in [5.74, 6) is 0.410. The van der Waals surface area contributed by atoms with Gasteiger partial charge in [0, 0.05) is 12.6 Å². The lowest BCUT2D eigenvalue weighted by Gasteiger charge is -2.15. The Morgan fingerprint density at radius 1 is 1.20 bits per heavy atom. The largest absolute Gasteiger partial charge is 0.401 e. The van der Waals surface area contributed by atoms with E-state index in [2.05, 4.69) is 10.2 Å². The number of halogens is 3. The van der Waals surface area contributed by atoms with Gasteiger partial charge in [0.15, 0.2) is 0 Å². The highest BCUT2D eigenvalue weighted by molar-refractivity contribution is 4.89. The number of likely N-dealkylation sites (tertiary alicyclic amines) is 1. The molecule has 15 heavy (non-hydrogen) atoms. The molecule has 1 heterocycles. The molecule has 1 unspecified atom stereocenters. The lowest BCUT2D eigenvalue weighted by molar-refractivity contribution is -0.125. The molecular formula is C10H17F3N2. The van der Waals surface area contributed by atoms with Crippen molar-refractivity contribution >= 4 is 0 Å². The molecule has 1 aliphatic carbocycles. The van der Waals surface area contributed by atoms with Crippen molar-refractivity contribution < 1.29 is 13.2 Å². The molecule has 0 radical (unpaired) electrons. The molecule has 0 spiro atoms.